The highest BCUT2D eigenvalue weighted by molar-refractivity contribution is 9.10. The summed E-state index contributed by atoms with van der Waals surface area (Å²) in [5.41, 5.74) is -0.0525. The molecule has 0 fully saturated rings. The Morgan fingerprint density at radius 1 is 0.966 bits per heavy atom. The zero-order chi connectivity index (χ0) is 21.0. The number of fused-ring (bicyclic) bond motifs is 2. The van der Waals surface area contributed by atoms with Crippen LogP contribution in [0.15, 0.2) is 50.7 Å². The van der Waals surface area contributed by atoms with E-state index in [1.54, 1.807) is 6.07 Å². The van der Waals surface area contributed by atoms with Gasteiger partial charge in [0, 0.05) is 8.95 Å². The van der Waals surface area contributed by atoms with Crippen LogP contribution in [0.2, 0.25) is 0 Å². The summed E-state index contributed by atoms with van der Waals surface area (Å²) in [5.74, 6) is -0.685. The van der Waals surface area contributed by atoms with Crippen molar-refractivity contribution in [2.75, 3.05) is 13.2 Å². The highest BCUT2D eigenvalue weighted by atomic mass is 79.9. The standard InChI is InChI=1S/C10H8BrFN2O2.C8H4BrFN2O/c11-6-3-7-9(8(12)4-6)13-5-14-10(7)16-2-1-15;9-4-1-5-7(6(10)2-4)11-3-12-8(5)13/h3-5,15H,1-2H2;1-3H,(H,11,12,13). The first-order valence-corrected chi connectivity index (χ1v) is 9.65. The van der Waals surface area contributed by atoms with Gasteiger partial charge in [-0.1, -0.05) is 31.9 Å². The van der Waals surface area contributed by atoms with Crippen molar-refractivity contribution in [1.29, 1.82) is 0 Å². The molecule has 0 atom stereocenters. The fourth-order valence-electron chi connectivity index (χ4n) is 2.43. The van der Waals surface area contributed by atoms with Crippen molar-refractivity contribution in [2.24, 2.45) is 0 Å². The third-order valence-corrected chi connectivity index (χ3v) is 4.53. The molecular formula is C18H12Br2F2N4O3. The van der Waals surface area contributed by atoms with E-state index in [9.17, 15) is 13.6 Å². The van der Waals surface area contributed by atoms with Gasteiger partial charge in [-0.25, -0.2) is 23.7 Å². The predicted molar refractivity (Wildman–Crippen MR) is 110 cm³/mol. The Bertz CT molecular complexity index is 1240. The Morgan fingerprint density at radius 3 is 2.24 bits per heavy atom. The summed E-state index contributed by atoms with van der Waals surface area (Å²) >= 11 is 6.28. The van der Waals surface area contributed by atoms with Crippen molar-refractivity contribution >= 4 is 53.7 Å². The fourth-order valence-corrected chi connectivity index (χ4v) is 3.29. The number of hydrogen-bond donors (Lipinski definition) is 2. The van der Waals surface area contributed by atoms with E-state index >= 15 is 0 Å². The Hall–Kier alpha value is -2.50. The lowest BCUT2D eigenvalue weighted by molar-refractivity contribution is 0.198. The summed E-state index contributed by atoms with van der Waals surface area (Å²) in [7, 11) is 0. The van der Waals surface area contributed by atoms with E-state index in [0.29, 0.717) is 14.3 Å². The van der Waals surface area contributed by atoms with Crippen LogP contribution in [0.1, 0.15) is 0 Å². The Balaban J connectivity index is 0.000000169. The summed E-state index contributed by atoms with van der Waals surface area (Å²) in [6.07, 6.45) is 2.41. The molecule has 2 heterocycles. The van der Waals surface area contributed by atoms with Crippen molar-refractivity contribution < 1.29 is 18.6 Å². The first-order chi connectivity index (χ1) is 13.9. The van der Waals surface area contributed by atoms with Crippen LogP contribution in [0.3, 0.4) is 0 Å². The van der Waals surface area contributed by atoms with Gasteiger partial charge >= 0.3 is 0 Å². The largest absolute Gasteiger partial charge is 0.475 e. The molecule has 0 unspecified atom stereocenters. The quantitative estimate of drug-likeness (QED) is 0.419. The summed E-state index contributed by atoms with van der Waals surface area (Å²) in [6, 6.07) is 5.80. The number of H-pyrrole nitrogens is 1. The average molecular weight is 530 g/mol. The molecule has 0 amide bonds. The number of ether oxygens (including phenoxy) is 1. The molecule has 0 saturated heterocycles. The monoisotopic (exact) mass is 528 g/mol. The Kier molecular flexibility index (Phi) is 6.83. The number of rotatable bonds is 3. The summed E-state index contributed by atoms with van der Waals surface area (Å²) < 4.78 is 33.0. The molecule has 4 aromatic rings. The fraction of sp³-hybridized carbons (Fsp3) is 0.111. The lowest BCUT2D eigenvalue weighted by Gasteiger charge is -2.06. The van der Waals surface area contributed by atoms with Crippen LogP contribution >= 0.6 is 31.9 Å². The molecule has 0 aliphatic rings. The second kappa shape index (κ2) is 9.33. The molecule has 0 saturated carbocycles. The van der Waals surface area contributed by atoms with Crippen LogP contribution < -0.4 is 10.3 Å². The van der Waals surface area contributed by atoms with Crippen LogP contribution in [0.25, 0.3) is 21.8 Å². The van der Waals surface area contributed by atoms with E-state index in [0.717, 1.165) is 0 Å². The molecule has 150 valence electrons. The molecule has 2 N–H and O–H groups in total. The van der Waals surface area contributed by atoms with Gasteiger partial charge in [-0.15, -0.1) is 0 Å². The number of aromatic nitrogens is 4. The zero-order valence-corrected chi connectivity index (χ0v) is 17.7. The van der Waals surface area contributed by atoms with Gasteiger partial charge in [0.15, 0.2) is 11.6 Å². The summed E-state index contributed by atoms with van der Waals surface area (Å²) in [4.78, 5) is 25.0. The van der Waals surface area contributed by atoms with E-state index in [4.69, 9.17) is 9.84 Å². The topological polar surface area (TPSA) is 101 Å². The van der Waals surface area contributed by atoms with E-state index in [-0.39, 0.29) is 41.1 Å². The van der Waals surface area contributed by atoms with E-state index < -0.39 is 11.6 Å². The van der Waals surface area contributed by atoms with Gasteiger partial charge in [0.05, 0.1) is 23.7 Å². The molecule has 0 bridgehead atoms. The van der Waals surface area contributed by atoms with Crippen LogP contribution in [0.5, 0.6) is 5.88 Å². The number of halogens is 4. The van der Waals surface area contributed by atoms with Gasteiger partial charge < -0.3 is 14.8 Å². The van der Waals surface area contributed by atoms with Crippen molar-refractivity contribution in [3.8, 4) is 5.88 Å². The SMILES string of the molecule is O=c1[nH]cnc2c(F)cc(Br)cc12.OCCOc1ncnc2c(F)cc(Br)cc12. The average Bonchev–Trinajstić information content (AvgIpc) is 2.68. The molecule has 4 rings (SSSR count). The molecule has 0 aliphatic heterocycles. The Labute approximate surface area is 179 Å². The number of hydrogen-bond acceptors (Lipinski definition) is 6. The normalized spacial score (nSPS) is 10.7. The Morgan fingerprint density at radius 2 is 1.59 bits per heavy atom. The van der Waals surface area contributed by atoms with Gasteiger partial charge in [-0.2, -0.15) is 0 Å². The van der Waals surface area contributed by atoms with Gasteiger partial charge in [-0.3, -0.25) is 4.79 Å². The number of benzene rings is 2. The highest BCUT2D eigenvalue weighted by Crippen LogP contribution is 2.27. The number of aliphatic hydroxyl groups is 1. The maximum Gasteiger partial charge on any atom is 0.258 e. The minimum atomic E-state index is -0.504. The number of nitrogens with one attached hydrogen (secondary N) is 1. The number of aliphatic hydroxyl groups excluding tert-OH is 1. The maximum atomic E-state index is 13.5. The zero-order valence-electron chi connectivity index (χ0n) is 14.5. The summed E-state index contributed by atoms with van der Waals surface area (Å²) in [6.45, 7) is -0.0117. The van der Waals surface area contributed by atoms with Crippen molar-refractivity contribution in [2.45, 2.75) is 0 Å². The number of aromatic amines is 1. The van der Waals surface area contributed by atoms with E-state index in [1.807, 2.05) is 0 Å². The van der Waals surface area contributed by atoms with Crippen LogP contribution in [0.4, 0.5) is 8.78 Å². The van der Waals surface area contributed by atoms with E-state index in [1.165, 1.54) is 30.9 Å². The summed E-state index contributed by atoms with van der Waals surface area (Å²) in [5, 5.41) is 9.38. The first-order valence-electron chi connectivity index (χ1n) is 8.06. The van der Waals surface area contributed by atoms with E-state index in [2.05, 4.69) is 51.8 Å². The molecule has 0 radical (unpaired) electrons. The van der Waals surface area contributed by atoms with Gasteiger partial charge in [0.1, 0.15) is 24.0 Å². The highest BCUT2D eigenvalue weighted by Gasteiger charge is 2.10. The molecule has 7 nitrogen and oxygen atoms in total. The lowest BCUT2D eigenvalue weighted by atomic mass is 10.2. The molecule has 2 aromatic heterocycles. The van der Waals surface area contributed by atoms with Crippen molar-refractivity contribution in [3.05, 3.63) is 67.9 Å². The molecule has 29 heavy (non-hydrogen) atoms. The second-order valence-electron chi connectivity index (χ2n) is 5.55. The number of nitrogens with zero attached hydrogens (tertiary/aromatic N) is 3. The smallest absolute Gasteiger partial charge is 0.258 e. The van der Waals surface area contributed by atoms with Crippen molar-refractivity contribution in [1.82, 2.24) is 19.9 Å². The predicted octanol–water partition coefficient (Wildman–Crippen LogP) is 3.73. The third kappa shape index (κ3) is 4.92. The van der Waals surface area contributed by atoms with Crippen molar-refractivity contribution in [3.63, 3.8) is 0 Å². The molecule has 0 spiro atoms. The molecular weight excluding hydrogens is 518 g/mol. The van der Waals surface area contributed by atoms with Gasteiger partial charge in [0.25, 0.3) is 5.56 Å². The van der Waals surface area contributed by atoms with Crippen LogP contribution in [-0.4, -0.2) is 38.3 Å². The minimum Gasteiger partial charge on any atom is -0.475 e. The minimum absolute atomic E-state index is 0.0898. The van der Waals surface area contributed by atoms with Gasteiger partial charge in [-0.05, 0) is 24.3 Å². The van der Waals surface area contributed by atoms with Gasteiger partial charge in [0.2, 0.25) is 5.88 Å². The van der Waals surface area contributed by atoms with Crippen LogP contribution in [-0.2, 0) is 0 Å². The van der Waals surface area contributed by atoms with Crippen LogP contribution in [0, 0.1) is 11.6 Å². The first kappa shape index (κ1) is 21.2. The molecule has 0 aliphatic carbocycles. The second-order valence-corrected chi connectivity index (χ2v) is 7.38. The lowest BCUT2D eigenvalue weighted by Crippen LogP contribution is -2.06. The molecule has 11 heteroatoms. The third-order valence-electron chi connectivity index (χ3n) is 3.61. The maximum absolute atomic E-state index is 13.5. The molecule has 2 aromatic carbocycles.